The molecule has 1 heterocycles. The maximum atomic E-state index is 5.92. The lowest BCUT2D eigenvalue weighted by Gasteiger charge is -2.42. The van der Waals surface area contributed by atoms with Crippen molar-refractivity contribution in [1.29, 1.82) is 0 Å². The monoisotopic (exact) mass is 286 g/mol. The molecule has 0 bridgehead atoms. The average Bonchev–Trinajstić information content (AvgIpc) is 2.56. The Morgan fingerprint density at radius 2 is 1.86 bits per heavy atom. The van der Waals surface area contributed by atoms with Gasteiger partial charge in [0.25, 0.3) is 0 Å². The molecule has 0 saturated carbocycles. The van der Waals surface area contributed by atoms with Crippen LogP contribution in [0.25, 0.3) is 10.8 Å². The van der Waals surface area contributed by atoms with Crippen LogP contribution in [0.5, 0.6) is 0 Å². The summed E-state index contributed by atoms with van der Waals surface area (Å²) in [4.78, 5) is 0. The number of methoxy groups -OCH3 is 1. The summed E-state index contributed by atoms with van der Waals surface area (Å²) in [6.07, 6.45) is 1.67. The highest BCUT2D eigenvalue weighted by molar-refractivity contribution is 5.86. The standard InChI is InChI=1S/C17H22N2O2/c1-20-17(9-11-21-12-10-17)16(19-18)15-8-4-6-13-5-2-3-7-14(13)15/h2-8,16,19H,9-12,18H2,1H3. The molecule has 2 aromatic carbocycles. The van der Waals surface area contributed by atoms with E-state index < -0.39 is 0 Å². The van der Waals surface area contributed by atoms with Crippen molar-refractivity contribution in [3.05, 3.63) is 48.0 Å². The second-order valence-electron chi connectivity index (χ2n) is 5.55. The molecule has 1 fully saturated rings. The molecule has 1 atom stereocenters. The lowest BCUT2D eigenvalue weighted by molar-refractivity contribution is -0.111. The van der Waals surface area contributed by atoms with Crippen LogP contribution in [0.4, 0.5) is 0 Å². The molecule has 0 spiro atoms. The summed E-state index contributed by atoms with van der Waals surface area (Å²) >= 11 is 0. The van der Waals surface area contributed by atoms with E-state index in [0.717, 1.165) is 12.8 Å². The average molecular weight is 286 g/mol. The van der Waals surface area contributed by atoms with Crippen molar-refractivity contribution < 1.29 is 9.47 Å². The Bertz CT molecular complexity index is 603. The van der Waals surface area contributed by atoms with E-state index in [9.17, 15) is 0 Å². The molecule has 1 aliphatic rings. The summed E-state index contributed by atoms with van der Waals surface area (Å²) in [5, 5.41) is 2.43. The summed E-state index contributed by atoms with van der Waals surface area (Å²) in [5.41, 5.74) is 3.85. The van der Waals surface area contributed by atoms with Crippen molar-refractivity contribution >= 4 is 10.8 Å². The van der Waals surface area contributed by atoms with Crippen molar-refractivity contribution in [2.24, 2.45) is 5.84 Å². The van der Waals surface area contributed by atoms with Gasteiger partial charge in [0.1, 0.15) is 0 Å². The Kier molecular flexibility index (Phi) is 4.22. The van der Waals surface area contributed by atoms with Gasteiger partial charge in [-0.3, -0.25) is 11.3 Å². The molecule has 112 valence electrons. The van der Waals surface area contributed by atoms with Crippen LogP contribution >= 0.6 is 0 Å². The first-order chi connectivity index (χ1) is 10.3. The Morgan fingerprint density at radius 3 is 2.57 bits per heavy atom. The summed E-state index contributed by atoms with van der Waals surface area (Å²) in [7, 11) is 1.76. The van der Waals surface area contributed by atoms with Gasteiger partial charge in [0.15, 0.2) is 0 Å². The number of nitrogens with two attached hydrogens (primary N) is 1. The molecule has 1 saturated heterocycles. The van der Waals surface area contributed by atoms with E-state index in [-0.39, 0.29) is 11.6 Å². The summed E-state index contributed by atoms with van der Waals surface area (Å²) < 4.78 is 11.4. The predicted molar refractivity (Wildman–Crippen MR) is 83.8 cm³/mol. The fourth-order valence-corrected chi connectivity index (χ4v) is 3.35. The maximum absolute atomic E-state index is 5.92. The number of hydrogen-bond donors (Lipinski definition) is 2. The first-order valence-electron chi connectivity index (χ1n) is 7.37. The quantitative estimate of drug-likeness (QED) is 0.670. The van der Waals surface area contributed by atoms with Crippen LogP contribution < -0.4 is 11.3 Å². The minimum absolute atomic E-state index is 0.0579. The van der Waals surface area contributed by atoms with Crippen molar-refractivity contribution in [3.8, 4) is 0 Å². The SMILES string of the molecule is COC1(C(NN)c2cccc3ccccc23)CCOCC1. The molecule has 0 radical (unpaired) electrons. The van der Waals surface area contributed by atoms with E-state index in [0.29, 0.717) is 13.2 Å². The van der Waals surface area contributed by atoms with Gasteiger partial charge in [-0.1, -0.05) is 42.5 Å². The molecule has 2 aromatic rings. The number of hydrogen-bond acceptors (Lipinski definition) is 4. The molecule has 1 aliphatic heterocycles. The van der Waals surface area contributed by atoms with Gasteiger partial charge in [0.05, 0.1) is 11.6 Å². The van der Waals surface area contributed by atoms with Crippen molar-refractivity contribution in [2.75, 3.05) is 20.3 Å². The van der Waals surface area contributed by atoms with Gasteiger partial charge >= 0.3 is 0 Å². The summed E-state index contributed by atoms with van der Waals surface area (Å²) in [5.74, 6) is 5.92. The zero-order valence-electron chi connectivity index (χ0n) is 12.3. The first kappa shape index (κ1) is 14.5. The number of nitrogens with one attached hydrogen (secondary N) is 1. The van der Waals surface area contributed by atoms with Gasteiger partial charge in [-0.2, -0.15) is 0 Å². The normalized spacial score (nSPS) is 19.5. The molecule has 21 heavy (non-hydrogen) atoms. The third-order valence-corrected chi connectivity index (χ3v) is 4.57. The van der Waals surface area contributed by atoms with Crippen molar-refractivity contribution in [1.82, 2.24) is 5.43 Å². The van der Waals surface area contributed by atoms with Gasteiger partial charge < -0.3 is 9.47 Å². The fourth-order valence-electron chi connectivity index (χ4n) is 3.35. The van der Waals surface area contributed by atoms with Gasteiger partial charge in [0, 0.05) is 33.2 Å². The zero-order valence-corrected chi connectivity index (χ0v) is 12.3. The van der Waals surface area contributed by atoms with Crippen LogP contribution in [0, 0.1) is 0 Å². The third kappa shape index (κ3) is 2.56. The van der Waals surface area contributed by atoms with E-state index in [4.69, 9.17) is 15.3 Å². The number of ether oxygens (including phenoxy) is 2. The van der Waals surface area contributed by atoms with Crippen LogP contribution in [-0.2, 0) is 9.47 Å². The lowest BCUT2D eigenvalue weighted by atomic mass is 9.81. The number of benzene rings is 2. The highest BCUT2D eigenvalue weighted by atomic mass is 16.5. The van der Waals surface area contributed by atoms with Crippen molar-refractivity contribution in [3.63, 3.8) is 0 Å². The Labute approximate surface area is 125 Å². The lowest BCUT2D eigenvalue weighted by Crippen LogP contribution is -2.51. The first-order valence-corrected chi connectivity index (χ1v) is 7.37. The largest absolute Gasteiger partial charge is 0.381 e. The van der Waals surface area contributed by atoms with Gasteiger partial charge in [-0.05, 0) is 16.3 Å². The number of fused-ring (bicyclic) bond motifs is 1. The Balaban J connectivity index is 2.09. The fraction of sp³-hybridized carbons (Fsp3) is 0.412. The Morgan fingerprint density at radius 1 is 1.14 bits per heavy atom. The van der Waals surface area contributed by atoms with Gasteiger partial charge in [-0.25, -0.2) is 0 Å². The van der Waals surface area contributed by atoms with E-state index in [2.05, 4.69) is 47.9 Å². The Hall–Kier alpha value is -1.46. The second-order valence-corrected chi connectivity index (χ2v) is 5.55. The molecule has 0 amide bonds. The molecule has 3 N–H and O–H groups in total. The van der Waals surface area contributed by atoms with Crippen LogP contribution in [0.15, 0.2) is 42.5 Å². The molecule has 3 rings (SSSR count). The summed E-state index contributed by atoms with van der Waals surface area (Å²) in [6, 6.07) is 14.6. The molecule has 0 aliphatic carbocycles. The molecule has 0 aromatic heterocycles. The third-order valence-electron chi connectivity index (χ3n) is 4.57. The van der Waals surface area contributed by atoms with Crippen LogP contribution in [-0.4, -0.2) is 25.9 Å². The minimum atomic E-state index is -0.322. The van der Waals surface area contributed by atoms with Crippen LogP contribution in [0.1, 0.15) is 24.4 Å². The van der Waals surface area contributed by atoms with Crippen molar-refractivity contribution in [2.45, 2.75) is 24.5 Å². The second kappa shape index (κ2) is 6.12. The smallest absolute Gasteiger partial charge is 0.0929 e. The van der Waals surface area contributed by atoms with Gasteiger partial charge in [0.2, 0.25) is 0 Å². The highest BCUT2D eigenvalue weighted by Gasteiger charge is 2.41. The molecule has 4 heteroatoms. The topological polar surface area (TPSA) is 56.5 Å². The van der Waals surface area contributed by atoms with E-state index in [1.165, 1.54) is 16.3 Å². The van der Waals surface area contributed by atoms with E-state index >= 15 is 0 Å². The molecule has 1 unspecified atom stereocenters. The maximum Gasteiger partial charge on any atom is 0.0929 e. The minimum Gasteiger partial charge on any atom is -0.381 e. The number of rotatable bonds is 4. The summed E-state index contributed by atoms with van der Waals surface area (Å²) in [6.45, 7) is 1.41. The van der Waals surface area contributed by atoms with Gasteiger partial charge in [-0.15, -0.1) is 0 Å². The molecular weight excluding hydrogens is 264 g/mol. The molecule has 4 nitrogen and oxygen atoms in total. The zero-order chi connectivity index (χ0) is 14.7. The van der Waals surface area contributed by atoms with Crippen LogP contribution in [0.3, 0.4) is 0 Å². The number of hydrazine groups is 1. The predicted octanol–water partition coefficient (Wildman–Crippen LogP) is 2.54. The van der Waals surface area contributed by atoms with E-state index in [1.54, 1.807) is 7.11 Å². The molecular formula is C17H22N2O2. The highest BCUT2D eigenvalue weighted by Crippen LogP contribution is 2.39. The van der Waals surface area contributed by atoms with Crippen LogP contribution in [0.2, 0.25) is 0 Å². The van der Waals surface area contributed by atoms with E-state index in [1.807, 2.05) is 0 Å².